The molecule has 1 aliphatic carbocycles. The first-order valence-corrected chi connectivity index (χ1v) is 9.20. The lowest BCUT2D eigenvalue weighted by atomic mass is 9.84. The first-order chi connectivity index (χ1) is 11.5. The topological polar surface area (TPSA) is 77.8 Å². The van der Waals surface area contributed by atoms with Crippen LogP contribution in [0.2, 0.25) is 0 Å². The lowest BCUT2D eigenvalue weighted by molar-refractivity contribution is -0.137. The van der Waals surface area contributed by atoms with Gasteiger partial charge in [-0.2, -0.15) is 0 Å². The van der Waals surface area contributed by atoms with Crippen molar-refractivity contribution in [2.75, 3.05) is 0 Å². The second-order valence-electron chi connectivity index (χ2n) is 6.76. The fraction of sp³-hybridized carbons (Fsp3) is 0.632. The number of carboxylic acid groups (broad SMARTS) is 1. The Morgan fingerprint density at radius 2 is 1.79 bits per heavy atom. The molecule has 2 unspecified atom stereocenters. The van der Waals surface area contributed by atoms with E-state index >= 15 is 0 Å². The molecular formula is C19H27ClO4. The maximum absolute atomic E-state index is 10.5. The Bertz CT molecular complexity index is 517. The van der Waals surface area contributed by atoms with Crippen molar-refractivity contribution < 1.29 is 20.1 Å². The van der Waals surface area contributed by atoms with Crippen LogP contribution in [0.5, 0.6) is 0 Å². The zero-order valence-electron chi connectivity index (χ0n) is 13.9. The van der Waals surface area contributed by atoms with Crippen LogP contribution in [-0.2, 0) is 11.4 Å². The number of aliphatic carboxylic acids is 1. The summed E-state index contributed by atoms with van der Waals surface area (Å²) in [6, 6.07) is 7.75. The summed E-state index contributed by atoms with van der Waals surface area (Å²) in [5.74, 6) is -0.457. The molecule has 2 rings (SSSR count). The molecule has 0 amide bonds. The van der Waals surface area contributed by atoms with Crippen LogP contribution >= 0.6 is 11.6 Å². The summed E-state index contributed by atoms with van der Waals surface area (Å²) in [4.78, 5) is 10.5. The number of hydrogen-bond acceptors (Lipinski definition) is 3. The highest BCUT2D eigenvalue weighted by Crippen LogP contribution is 2.45. The Hall–Kier alpha value is -1.10. The van der Waals surface area contributed by atoms with Crippen molar-refractivity contribution in [3.8, 4) is 0 Å². The number of aliphatic hydroxyl groups is 2. The molecule has 0 saturated heterocycles. The van der Waals surface area contributed by atoms with E-state index in [0.717, 1.165) is 43.2 Å². The summed E-state index contributed by atoms with van der Waals surface area (Å²) in [6.45, 7) is 0.0192. The fourth-order valence-electron chi connectivity index (χ4n) is 3.75. The predicted octanol–water partition coefficient (Wildman–Crippen LogP) is 3.68. The standard InChI is InChI=1S/C19H27ClO4/c20-16-11-17(22)19(14-9-7-13(12-21)8-10-14)15(16)5-3-1-2-4-6-18(23)24/h7-10,15-17,19,21-22H,1-6,11-12H2,(H,23,24)/t15-,16+,17?,19?/m0/s1. The van der Waals surface area contributed by atoms with Gasteiger partial charge in [-0.25, -0.2) is 0 Å². The molecule has 134 valence electrons. The smallest absolute Gasteiger partial charge is 0.303 e. The highest BCUT2D eigenvalue weighted by Gasteiger charge is 2.41. The van der Waals surface area contributed by atoms with Crippen LogP contribution in [0.4, 0.5) is 0 Å². The zero-order valence-corrected chi connectivity index (χ0v) is 14.7. The van der Waals surface area contributed by atoms with Gasteiger partial charge in [0.05, 0.1) is 12.7 Å². The van der Waals surface area contributed by atoms with E-state index in [1.807, 2.05) is 24.3 Å². The van der Waals surface area contributed by atoms with Crippen molar-refractivity contribution in [1.29, 1.82) is 0 Å². The van der Waals surface area contributed by atoms with Crippen LogP contribution < -0.4 is 0 Å². The number of unbranched alkanes of at least 4 members (excludes halogenated alkanes) is 3. The van der Waals surface area contributed by atoms with Gasteiger partial charge in [0.1, 0.15) is 0 Å². The molecule has 24 heavy (non-hydrogen) atoms. The zero-order chi connectivity index (χ0) is 17.5. The third-order valence-corrected chi connectivity index (χ3v) is 5.53. The van der Waals surface area contributed by atoms with Crippen molar-refractivity contribution in [2.45, 2.75) is 69.0 Å². The summed E-state index contributed by atoms with van der Waals surface area (Å²) < 4.78 is 0. The van der Waals surface area contributed by atoms with E-state index < -0.39 is 12.1 Å². The van der Waals surface area contributed by atoms with Gasteiger partial charge in [0, 0.05) is 17.7 Å². The average molecular weight is 355 g/mol. The van der Waals surface area contributed by atoms with E-state index in [-0.39, 0.29) is 30.2 Å². The number of carbonyl (C=O) groups is 1. The van der Waals surface area contributed by atoms with E-state index in [1.54, 1.807) is 0 Å². The van der Waals surface area contributed by atoms with Crippen molar-refractivity contribution in [3.63, 3.8) is 0 Å². The number of rotatable bonds is 9. The Morgan fingerprint density at radius 1 is 1.12 bits per heavy atom. The normalized spacial score (nSPS) is 26.6. The molecule has 1 aliphatic rings. The Kier molecular flexibility index (Phi) is 7.53. The molecule has 0 aliphatic heterocycles. The summed E-state index contributed by atoms with van der Waals surface area (Å²) in [6.07, 6.45) is 5.02. The Morgan fingerprint density at radius 3 is 2.42 bits per heavy atom. The van der Waals surface area contributed by atoms with E-state index in [1.165, 1.54) is 0 Å². The van der Waals surface area contributed by atoms with E-state index in [0.29, 0.717) is 6.42 Å². The van der Waals surface area contributed by atoms with Crippen LogP contribution in [-0.4, -0.2) is 32.8 Å². The largest absolute Gasteiger partial charge is 0.481 e. The number of carboxylic acids is 1. The van der Waals surface area contributed by atoms with Gasteiger partial charge in [0.15, 0.2) is 0 Å². The minimum absolute atomic E-state index is 0.0192. The van der Waals surface area contributed by atoms with Crippen LogP contribution in [0.15, 0.2) is 24.3 Å². The van der Waals surface area contributed by atoms with E-state index in [4.69, 9.17) is 21.8 Å². The van der Waals surface area contributed by atoms with Crippen LogP contribution in [0.1, 0.15) is 62.0 Å². The van der Waals surface area contributed by atoms with Gasteiger partial charge in [-0.15, -0.1) is 11.6 Å². The molecule has 1 aromatic carbocycles. The SMILES string of the molecule is O=C(O)CCCCCC[C@@H]1C(c2ccc(CO)cc2)C(O)C[C@H]1Cl. The first-order valence-electron chi connectivity index (χ1n) is 8.76. The lowest BCUT2D eigenvalue weighted by Gasteiger charge is -2.24. The van der Waals surface area contributed by atoms with Gasteiger partial charge in [-0.05, 0) is 36.3 Å². The molecule has 1 fully saturated rings. The summed E-state index contributed by atoms with van der Waals surface area (Å²) in [5.41, 5.74) is 1.95. The average Bonchev–Trinajstić information content (AvgIpc) is 2.84. The molecule has 0 heterocycles. The molecule has 0 bridgehead atoms. The minimum Gasteiger partial charge on any atom is -0.481 e. The molecule has 5 heteroatoms. The summed E-state index contributed by atoms with van der Waals surface area (Å²) in [5, 5.41) is 28.2. The van der Waals surface area contributed by atoms with Crippen LogP contribution in [0.3, 0.4) is 0 Å². The molecule has 1 saturated carbocycles. The predicted molar refractivity (Wildman–Crippen MR) is 94.2 cm³/mol. The highest BCUT2D eigenvalue weighted by atomic mass is 35.5. The van der Waals surface area contributed by atoms with Gasteiger partial charge in [0.25, 0.3) is 0 Å². The quantitative estimate of drug-likeness (QED) is 0.467. The van der Waals surface area contributed by atoms with Crippen molar-refractivity contribution in [1.82, 2.24) is 0 Å². The molecule has 0 spiro atoms. The molecule has 1 aromatic rings. The van der Waals surface area contributed by atoms with E-state index in [9.17, 15) is 9.90 Å². The van der Waals surface area contributed by atoms with Crippen molar-refractivity contribution in [3.05, 3.63) is 35.4 Å². The van der Waals surface area contributed by atoms with Gasteiger partial charge < -0.3 is 15.3 Å². The second kappa shape index (κ2) is 9.40. The second-order valence-corrected chi connectivity index (χ2v) is 7.32. The molecule has 4 nitrogen and oxygen atoms in total. The molecule has 3 N–H and O–H groups in total. The van der Waals surface area contributed by atoms with Crippen LogP contribution in [0.25, 0.3) is 0 Å². The number of halogens is 1. The van der Waals surface area contributed by atoms with Gasteiger partial charge in [0.2, 0.25) is 0 Å². The Balaban J connectivity index is 1.89. The van der Waals surface area contributed by atoms with Gasteiger partial charge in [-0.3, -0.25) is 4.79 Å². The lowest BCUT2D eigenvalue weighted by Crippen LogP contribution is -2.19. The number of benzene rings is 1. The number of alkyl halides is 1. The third kappa shape index (κ3) is 5.20. The monoisotopic (exact) mass is 354 g/mol. The first kappa shape index (κ1) is 19.2. The summed E-state index contributed by atoms with van der Waals surface area (Å²) in [7, 11) is 0. The molecule has 4 atom stereocenters. The maximum Gasteiger partial charge on any atom is 0.303 e. The minimum atomic E-state index is -0.735. The van der Waals surface area contributed by atoms with Gasteiger partial charge >= 0.3 is 5.97 Å². The number of hydrogen-bond donors (Lipinski definition) is 3. The van der Waals surface area contributed by atoms with Gasteiger partial charge in [-0.1, -0.05) is 43.5 Å². The van der Waals surface area contributed by atoms with E-state index in [2.05, 4.69) is 0 Å². The highest BCUT2D eigenvalue weighted by molar-refractivity contribution is 6.21. The fourth-order valence-corrected chi connectivity index (χ4v) is 4.21. The third-order valence-electron chi connectivity index (χ3n) is 5.03. The Labute approximate surface area is 148 Å². The summed E-state index contributed by atoms with van der Waals surface area (Å²) >= 11 is 6.48. The van der Waals surface area contributed by atoms with Crippen LogP contribution in [0, 0.1) is 5.92 Å². The molecule has 0 aromatic heterocycles. The van der Waals surface area contributed by atoms with Crippen molar-refractivity contribution >= 4 is 17.6 Å². The number of aliphatic hydroxyl groups excluding tert-OH is 2. The van der Waals surface area contributed by atoms with Crippen molar-refractivity contribution in [2.24, 2.45) is 5.92 Å². The maximum atomic E-state index is 10.5. The molecular weight excluding hydrogens is 328 g/mol. The molecule has 0 radical (unpaired) electrons.